The predicted molar refractivity (Wildman–Crippen MR) is 93.2 cm³/mol. The Morgan fingerprint density at radius 2 is 1.70 bits per heavy atom. The fraction of sp³-hybridized carbons (Fsp3) is 0.263. The lowest BCUT2D eigenvalue weighted by molar-refractivity contribution is -0.139. The first-order valence-corrected chi connectivity index (χ1v) is 8.10. The topological polar surface area (TPSA) is 84.9 Å². The molecule has 2 N–H and O–H groups in total. The predicted octanol–water partition coefficient (Wildman–Crippen LogP) is 2.85. The molecule has 0 atom stereocenters. The van der Waals surface area contributed by atoms with E-state index in [1.54, 1.807) is 26.0 Å². The zero-order valence-electron chi connectivity index (χ0n) is 14.8. The fourth-order valence-electron chi connectivity index (χ4n) is 2.45. The molecular formula is C19H19F2NO5. The Morgan fingerprint density at radius 1 is 1.04 bits per heavy atom. The van der Waals surface area contributed by atoms with E-state index in [9.17, 15) is 18.4 Å². The van der Waals surface area contributed by atoms with E-state index in [4.69, 9.17) is 14.6 Å². The number of amides is 1. The summed E-state index contributed by atoms with van der Waals surface area (Å²) < 4.78 is 36.4. The van der Waals surface area contributed by atoms with Gasteiger partial charge in [0, 0.05) is 11.6 Å². The van der Waals surface area contributed by atoms with Crippen LogP contribution in [0.1, 0.15) is 21.5 Å². The second-order valence-corrected chi connectivity index (χ2v) is 5.80. The number of carbonyl (C=O) groups is 2. The first-order valence-electron chi connectivity index (χ1n) is 8.10. The van der Waals surface area contributed by atoms with Crippen molar-refractivity contribution in [1.29, 1.82) is 0 Å². The molecule has 2 rings (SSSR count). The van der Waals surface area contributed by atoms with E-state index in [1.165, 1.54) is 6.07 Å². The fourth-order valence-corrected chi connectivity index (χ4v) is 2.45. The van der Waals surface area contributed by atoms with Crippen molar-refractivity contribution in [2.75, 3.05) is 19.8 Å². The third kappa shape index (κ3) is 5.67. The van der Waals surface area contributed by atoms with Crippen LogP contribution in [0, 0.1) is 25.5 Å². The highest BCUT2D eigenvalue weighted by Crippen LogP contribution is 2.24. The van der Waals surface area contributed by atoms with Crippen molar-refractivity contribution in [3.63, 3.8) is 0 Å². The normalized spacial score (nSPS) is 10.4. The van der Waals surface area contributed by atoms with Crippen molar-refractivity contribution in [1.82, 2.24) is 5.32 Å². The van der Waals surface area contributed by atoms with Gasteiger partial charge in [-0.25, -0.2) is 13.6 Å². The number of aliphatic carboxylic acids is 1. The Kier molecular flexibility index (Phi) is 6.70. The summed E-state index contributed by atoms with van der Waals surface area (Å²) in [5.41, 5.74) is 1.67. The molecule has 6 nitrogen and oxygen atoms in total. The number of aryl methyl sites for hydroxylation is 2. The van der Waals surface area contributed by atoms with E-state index in [0.29, 0.717) is 22.4 Å². The maximum atomic E-state index is 13.1. The monoisotopic (exact) mass is 379 g/mol. The van der Waals surface area contributed by atoms with Crippen molar-refractivity contribution >= 4 is 11.9 Å². The van der Waals surface area contributed by atoms with Gasteiger partial charge in [0.25, 0.3) is 5.91 Å². The largest absolute Gasteiger partial charge is 0.492 e. The molecule has 0 heterocycles. The van der Waals surface area contributed by atoms with Crippen LogP contribution in [0.4, 0.5) is 8.78 Å². The second kappa shape index (κ2) is 8.98. The number of rotatable bonds is 8. The van der Waals surface area contributed by atoms with Crippen LogP contribution >= 0.6 is 0 Å². The van der Waals surface area contributed by atoms with Crippen LogP contribution in [0.2, 0.25) is 0 Å². The molecule has 8 heteroatoms. The smallest absolute Gasteiger partial charge is 0.341 e. The van der Waals surface area contributed by atoms with Gasteiger partial charge in [-0.05, 0) is 49.2 Å². The molecule has 27 heavy (non-hydrogen) atoms. The zero-order valence-corrected chi connectivity index (χ0v) is 14.8. The van der Waals surface area contributed by atoms with Crippen molar-refractivity contribution < 1.29 is 33.0 Å². The molecular weight excluding hydrogens is 360 g/mol. The lowest BCUT2D eigenvalue weighted by atomic mass is 10.1. The van der Waals surface area contributed by atoms with E-state index in [2.05, 4.69) is 5.32 Å². The Bertz CT molecular complexity index is 831. The van der Waals surface area contributed by atoms with Gasteiger partial charge < -0.3 is 19.9 Å². The molecule has 2 aromatic rings. The van der Waals surface area contributed by atoms with E-state index in [0.717, 1.165) is 12.1 Å². The maximum Gasteiger partial charge on any atom is 0.341 e. The third-order valence-electron chi connectivity index (χ3n) is 3.61. The summed E-state index contributed by atoms with van der Waals surface area (Å²) >= 11 is 0. The van der Waals surface area contributed by atoms with Crippen LogP contribution in [0.25, 0.3) is 0 Å². The maximum absolute atomic E-state index is 13.1. The summed E-state index contributed by atoms with van der Waals surface area (Å²) in [4.78, 5) is 22.8. The molecule has 0 unspecified atom stereocenters. The molecule has 0 aliphatic rings. The summed E-state index contributed by atoms with van der Waals surface area (Å²) in [5.74, 6) is -2.81. The number of hydrogen-bond donors (Lipinski definition) is 2. The van der Waals surface area contributed by atoms with Crippen LogP contribution < -0.4 is 14.8 Å². The minimum Gasteiger partial charge on any atom is -0.492 e. The molecule has 0 bridgehead atoms. The first-order chi connectivity index (χ1) is 12.8. The lowest BCUT2D eigenvalue weighted by Gasteiger charge is -2.13. The van der Waals surface area contributed by atoms with Gasteiger partial charge in [0.1, 0.15) is 18.1 Å². The molecule has 0 radical (unpaired) electrons. The summed E-state index contributed by atoms with van der Waals surface area (Å²) in [5, 5.41) is 11.3. The highest BCUT2D eigenvalue weighted by Gasteiger charge is 2.13. The molecule has 144 valence electrons. The van der Waals surface area contributed by atoms with Crippen LogP contribution in [-0.2, 0) is 4.79 Å². The van der Waals surface area contributed by atoms with E-state index < -0.39 is 24.2 Å². The number of ether oxygens (including phenoxy) is 2. The van der Waals surface area contributed by atoms with E-state index in [1.807, 2.05) is 0 Å². The number of hydrogen-bond acceptors (Lipinski definition) is 4. The average Bonchev–Trinajstić information content (AvgIpc) is 2.60. The molecule has 0 saturated heterocycles. The highest BCUT2D eigenvalue weighted by atomic mass is 19.2. The van der Waals surface area contributed by atoms with Gasteiger partial charge in [0.05, 0.1) is 6.54 Å². The van der Waals surface area contributed by atoms with Gasteiger partial charge in [-0.1, -0.05) is 0 Å². The van der Waals surface area contributed by atoms with Crippen LogP contribution in [0.3, 0.4) is 0 Å². The second-order valence-electron chi connectivity index (χ2n) is 5.80. The van der Waals surface area contributed by atoms with Crippen LogP contribution in [-0.4, -0.2) is 36.7 Å². The summed E-state index contributed by atoms with van der Waals surface area (Å²) in [7, 11) is 0. The minimum absolute atomic E-state index is 0.0780. The van der Waals surface area contributed by atoms with E-state index >= 15 is 0 Å². The van der Waals surface area contributed by atoms with Crippen molar-refractivity contribution in [3.05, 3.63) is 58.7 Å². The van der Waals surface area contributed by atoms with Crippen molar-refractivity contribution in [3.8, 4) is 11.5 Å². The Labute approximate surface area is 154 Å². The molecule has 2 aromatic carbocycles. The Morgan fingerprint density at radius 3 is 2.30 bits per heavy atom. The number of carboxylic acid groups (broad SMARTS) is 1. The molecule has 0 saturated carbocycles. The number of carbonyl (C=O) groups excluding carboxylic acids is 1. The molecule has 0 fully saturated rings. The van der Waals surface area contributed by atoms with Crippen LogP contribution in [0.5, 0.6) is 11.5 Å². The van der Waals surface area contributed by atoms with Gasteiger partial charge in [0.15, 0.2) is 18.2 Å². The number of carboxylic acids is 1. The molecule has 1 amide bonds. The first kappa shape index (κ1) is 20.2. The van der Waals surface area contributed by atoms with E-state index in [-0.39, 0.29) is 24.8 Å². The van der Waals surface area contributed by atoms with Gasteiger partial charge in [-0.15, -0.1) is 0 Å². The number of benzene rings is 2. The molecule has 0 aliphatic heterocycles. The summed E-state index contributed by atoms with van der Waals surface area (Å²) in [6.45, 7) is 3.20. The lowest BCUT2D eigenvalue weighted by Crippen LogP contribution is -2.28. The Balaban J connectivity index is 1.89. The Hall–Kier alpha value is -3.16. The van der Waals surface area contributed by atoms with Crippen LogP contribution in [0.15, 0.2) is 30.3 Å². The van der Waals surface area contributed by atoms with Gasteiger partial charge in [0.2, 0.25) is 0 Å². The van der Waals surface area contributed by atoms with Gasteiger partial charge in [-0.2, -0.15) is 0 Å². The quantitative estimate of drug-likeness (QED) is 0.689. The minimum atomic E-state index is -1.09. The SMILES string of the molecule is Cc1cc(C(=O)NCCOc2ccc(F)c(F)c2)cc(C)c1OCC(=O)O. The zero-order chi connectivity index (χ0) is 20.0. The van der Waals surface area contributed by atoms with Gasteiger partial charge >= 0.3 is 5.97 Å². The summed E-state index contributed by atoms with van der Waals surface area (Å²) in [6.07, 6.45) is 0. The number of halogens is 2. The van der Waals surface area contributed by atoms with Crippen molar-refractivity contribution in [2.45, 2.75) is 13.8 Å². The molecule has 0 aromatic heterocycles. The standard InChI is InChI=1S/C19H19F2NO5/c1-11-7-13(8-12(2)18(11)27-10-17(23)24)19(25)22-5-6-26-14-3-4-15(20)16(21)9-14/h3-4,7-9H,5-6,10H2,1-2H3,(H,22,25)(H,23,24). The number of nitrogens with one attached hydrogen (secondary N) is 1. The average molecular weight is 379 g/mol. The third-order valence-corrected chi connectivity index (χ3v) is 3.61. The van der Waals surface area contributed by atoms with Crippen molar-refractivity contribution in [2.24, 2.45) is 0 Å². The van der Waals surface area contributed by atoms with Gasteiger partial charge in [-0.3, -0.25) is 4.79 Å². The highest BCUT2D eigenvalue weighted by molar-refractivity contribution is 5.94. The molecule has 0 spiro atoms. The summed E-state index contributed by atoms with van der Waals surface area (Å²) in [6, 6.07) is 6.37. The molecule has 0 aliphatic carbocycles.